The molecule has 0 spiro atoms. The molecule has 0 aliphatic heterocycles. The Hall–Kier alpha value is -1.84. The number of hydrogen-bond acceptors (Lipinski definition) is 2. The van der Waals surface area contributed by atoms with E-state index >= 15 is 0 Å². The van der Waals surface area contributed by atoms with Gasteiger partial charge in [0.15, 0.2) is 0 Å². The summed E-state index contributed by atoms with van der Waals surface area (Å²) in [6, 6.07) is 0. The lowest BCUT2D eigenvalue weighted by molar-refractivity contribution is -0.145. The molecule has 124 valence electrons. The van der Waals surface area contributed by atoms with Gasteiger partial charge in [0.1, 0.15) is 0 Å². The number of rotatable bonds is 8. The molecule has 4 nitrogen and oxygen atoms in total. The molecule has 0 radical (unpaired) electrons. The summed E-state index contributed by atoms with van der Waals surface area (Å²) in [7, 11) is 0. The Morgan fingerprint density at radius 3 is 2.41 bits per heavy atom. The Labute approximate surface area is 133 Å². The van der Waals surface area contributed by atoms with Gasteiger partial charge in [-0.3, -0.25) is 4.79 Å². The molecule has 0 aromatic rings. The molecule has 2 N–H and O–H groups in total. The second-order valence-electron chi connectivity index (χ2n) is 5.75. The highest BCUT2D eigenvalue weighted by Crippen LogP contribution is 2.31. The number of carboxylic acid groups (broad SMARTS) is 2. The van der Waals surface area contributed by atoms with Gasteiger partial charge in [-0.2, -0.15) is 0 Å². The monoisotopic (exact) mass is 308 g/mol. The third kappa shape index (κ3) is 7.81. The van der Waals surface area contributed by atoms with Crippen LogP contribution in [0.2, 0.25) is 0 Å². The largest absolute Gasteiger partial charge is 0.481 e. The topological polar surface area (TPSA) is 74.6 Å². The molecular weight excluding hydrogens is 280 g/mol. The van der Waals surface area contributed by atoms with Gasteiger partial charge >= 0.3 is 11.9 Å². The minimum atomic E-state index is -1.08. The van der Waals surface area contributed by atoms with Gasteiger partial charge in [-0.05, 0) is 26.2 Å². The van der Waals surface area contributed by atoms with Crippen molar-refractivity contribution in [1.29, 1.82) is 0 Å². The summed E-state index contributed by atoms with van der Waals surface area (Å²) in [6.45, 7) is 7.42. The standard InChI is InChI=1S/C9H10O4.C9H18/c1-9(8(12)13)4-2-3-6(5-9)7(10)11;1-3-5-7-9-8-6-4-2/h2-4H,5H2,1H3,(H,10,11)(H,12,13);3H,1,4-9H2,2H3. The van der Waals surface area contributed by atoms with Crippen molar-refractivity contribution in [2.75, 3.05) is 0 Å². The molecule has 0 fully saturated rings. The van der Waals surface area contributed by atoms with Crippen LogP contribution in [-0.2, 0) is 9.59 Å². The minimum absolute atomic E-state index is 0.0359. The fourth-order valence-corrected chi connectivity index (χ4v) is 2.08. The number of aliphatic carboxylic acids is 2. The molecule has 1 atom stereocenters. The van der Waals surface area contributed by atoms with Crippen LogP contribution in [-0.4, -0.2) is 22.2 Å². The van der Waals surface area contributed by atoms with Crippen molar-refractivity contribution in [3.63, 3.8) is 0 Å². The molecule has 0 aromatic carbocycles. The Morgan fingerprint density at radius 1 is 1.27 bits per heavy atom. The number of allylic oxidation sites excluding steroid dienone is 3. The van der Waals surface area contributed by atoms with Crippen molar-refractivity contribution in [3.8, 4) is 0 Å². The van der Waals surface area contributed by atoms with E-state index in [4.69, 9.17) is 10.2 Å². The normalized spacial score (nSPS) is 19.6. The van der Waals surface area contributed by atoms with Crippen molar-refractivity contribution < 1.29 is 19.8 Å². The van der Waals surface area contributed by atoms with Gasteiger partial charge in [0.05, 0.1) is 5.41 Å². The van der Waals surface area contributed by atoms with Gasteiger partial charge in [0.25, 0.3) is 0 Å². The van der Waals surface area contributed by atoms with Gasteiger partial charge in [0, 0.05) is 5.57 Å². The van der Waals surface area contributed by atoms with Gasteiger partial charge < -0.3 is 10.2 Å². The zero-order chi connectivity index (χ0) is 17.0. The highest BCUT2D eigenvalue weighted by Gasteiger charge is 2.34. The Bertz CT molecular complexity index is 434. The summed E-state index contributed by atoms with van der Waals surface area (Å²) in [5.41, 5.74) is -0.949. The number of unbranched alkanes of at least 4 members (excludes halogenated alkanes) is 5. The molecule has 0 bridgehead atoms. The van der Waals surface area contributed by atoms with Crippen LogP contribution >= 0.6 is 0 Å². The van der Waals surface area contributed by atoms with Crippen LogP contribution in [0.15, 0.2) is 36.5 Å². The van der Waals surface area contributed by atoms with Crippen LogP contribution in [0.25, 0.3) is 0 Å². The smallest absolute Gasteiger partial charge is 0.331 e. The molecule has 1 aliphatic carbocycles. The van der Waals surface area contributed by atoms with E-state index in [1.165, 1.54) is 63.7 Å². The quantitative estimate of drug-likeness (QED) is 0.508. The van der Waals surface area contributed by atoms with Crippen LogP contribution in [0.3, 0.4) is 0 Å². The maximum Gasteiger partial charge on any atom is 0.331 e. The first-order valence-corrected chi connectivity index (χ1v) is 7.83. The van der Waals surface area contributed by atoms with E-state index in [1.54, 1.807) is 0 Å². The van der Waals surface area contributed by atoms with Crippen molar-refractivity contribution in [3.05, 3.63) is 36.5 Å². The molecule has 22 heavy (non-hydrogen) atoms. The number of carbonyl (C=O) groups is 2. The van der Waals surface area contributed by atoms with Gasteiger partial charge in [-0.1, -0.05) is 56.9 Å². The zero-order valence-electron chi connectivity index (χ0n) is 13.7. The molecule has 4 heteroatoms. The van der Waals surface area contributed by atoms with Crippen molar-refractivity contribution in [2.45, 2.75) is 58.8 Å². The van der Waals surface area contributed by atoms with Crippen molar-refractivity contribution in [1.82, 2.24) is 0 Å². The van der Waals surface area contributed by atoms with Gasteiger partial charge in [-0.15, -0.1) is 6.58 Å². The molecule has 1 unspecified atom stereocenters. The van der Waals surface area contributed by atoms with Gasteiger partial charge in [-0.25, -0.2) is 4.79 Å². The maximum absolute atomic E-state index is 10.8. The molecule has 1 rings (SSSR count). The predicted molar refractivity (Wildman–Crippen MR) is 88.8 cm³/mol. The third-order valence-electron chi connectivity index (χ3n) is 3.59. The summed E-state index contributed by atoms with van der Waals surface area (Å²) in [5, 5.41) is 17.5. The van der Waals surface area contributed by atoms with Crippen LogP contribution in [0, 0.1) is 5.41 Å². The lowest BCUT2D eigenvalue weighted by Crippen LogP contribution is -2.28. The highest BCUT2D eigenvalue weighted by molar-refractivity contribution is 5.90. The molecule has 0 saturated carbocycles. The maximum atomic E-state index is 10.8. The summed E-state index contributed by atoms with van der Waals surface area (Å²) >= 11 is 0. The molecule has 0 heterocycles. The third-order valence-corrected chi connectivity index (χ3v) is 3.59. The van der Waals surface area contributed by atoms with E-state index in [1.807, 2.05) is 6.08 Å². The van der Waals surface area contributed by atoms with Crippen molar-refractivity contribution in [2.24, 2.45) is 5.41 Å². The lowest BCUT2D eigenvalue weighted by Gasteiger charge is -2.23. The van der Waals surface area contributed by atoms with E-state index in [2.05, 4.69) is 13.5 Å². The van der Waals surface area contributed by atoms with E-state index in [0.29, 0.717) is 0 Å². The average molecular weight is 308 g/mol. The minimum Gasteiger partial charge on any atom is -0.481 e. The Kier molecular flexibility index (Phi) is 9.92. The second-order valence-corrected chi connectivity index (χ2v) is 5.75. The first-order chi connectivity index (χ1) is 10.4. The number of carboxylic acids is 2. The second kappa shape index (κ2) is 10.8. The van der Waals surface area contributed by atoms with E-state index in [-0.39, 0.29) is 12.0 Å². The summed E-state index contributed by atoms with van der Waals surface area (Å²) < 4.78 is 0. The number of hydrogen-bond donors (Lipinski definition) is 2. The lowest BCUT2D eigenvalue weighted by atomic mass is 9.80. The molecule has 0 aromatic heterocycles. The van der Waals surface area contributed by atoms with Crippen LogP contribution in [0.1, 0.15) is 58.8 Å². The first kappa shape index (κ1) is 20.2. The average Bonchev–Trinajstić information content (AvgIpc) is 2.48. The van der Waals surface area contributed by atoms with E-state index in [0.717, 1.165) is 0 Å². The summed E-state index contributed by atoms with van der Waals surface area (Å²) in [5.74, 6) is -2.06. The molecule has 0 amide bonds. The predicted octanol–water partition coefficient (Wildman–Crippen LogP) is 4.58. The highest BCUT2D eigenvalue weighted by atomic mass is 16.4. The summed E-state index contributed by atoms with van der Waals surface area (Å²) in [6.07, 6.45) is 14.5. The van der Waals surface area contributed by atoms with Crippen LogP contribution < -0.4 is 0 Å². The first-order valence-electron chi connectivity index (χ1n) is 7.83. The molecule has 1 aliphatic rings. The zero-order valence-corrected chi connectivity index (χ0v) is 13.7. The Morgan fingerprint density at radius 2 is 1.91 bits per heavy atom. The molecular formula is C18H28O4. The molecule has 0 saturated heterocycles. The van der Waals surface area contributed by atoms with Crippen LogP contribution in [0.4, 0.5) is 0 Å². The van der Waals surface area contributed by atoms with Crippen molar-refractivity contribution >= 4 is 11.9 Å². The van der Waals surface area contributed by atoms with E-state index < -0.39 is 17.4 Å². The fourth-order valence-electron chi connectivity index (χ4n) is 2.08. The fraction of sp³-hybridized carbons (Fsp3) is 0.556. The van der Waals surface area contributed by atoms with Gasteiger partial charge in [0.2, 0.25) is 0 Å². The summed E-state index contributed by atoms with van der Waals surface area (Å²) in [4.78, 5) is 21.3. The SMILES string of the molecule is C=CCCCCCCC.CC1(C(=O)O)C=CC=C(C(=O)O)C1. The van der Waals surface area contributed by atoms with E-state index in [9.17, 15) is 9.59 Å². The Balaban J connectivity index is 0.000000433. The van der Waals surface area contributed by atoms with Crippen LogP contribution in [0.5, 0.6) is 0 Å².